The molecule has 0 saturated heterocycles. The second-order valence-corrected chi connectivity index (χ2v) is 6.23. The topological polar surface area (TPSA) is 94.8 Å². The lowest BCUT2D eigenvalue weighted by atomic mass is 10.1. The second-order valence-electron chi connectivity index (χ2n) is 5.47. The van der Waals surface area contributed by atoms with Gasteiger partial charge in [0.25, 0.3) is 5.91 Å². The standard InChI is InChI=1S/C18H14N6O2S/c1-26-13-6-4-5-12(11-13)16-20-18(27-22-16)21-17(25)14-7-2-3-8-15(14)24-10-9-19-23-24/h2-11H,1H3,(H,20,21,22,25). The van der Waals surface area contributed by atoms with E-state index in [1.165, 1.54) is 4.68 Å². The quantitative estimate of drug-likeness (QED) is 0.574. The Hall–Kier alpha value is -3.59. The smallest absolute Gasteiger partial charge is 0.259 e. The van der Waals surface area contributed by atoms with Crippen molar-refractivity contribution in [2.45, 2.75) is 0 Å². The van der Waals surface area contributed by atoms with Crippen molar-refractivity contribution < 1.29 is 9.53 Å². The molecule has 27 heavy (non-hydrogen) atoms. The third kappa shape index (κ3) is 3.53. The van der Waals surface area contributed by atoms with Crippen molar-refractivity contribution in [3.05, 3.63) is 66.5 Å². The van der Waals surface area contributed by atoms with Crippen molar-refractivity contribution in [1.29, 1.82) is 0 Å². The van der Waals surface area contributed by atoms with Crippen molar-refractivity contribution >= 4 is 22.6 Å². The number of rotatable bonds is 5. The van der Waals surface area contributed by atoms with Gasteiger partial charge in [-0.05, 0) is 24.3 Å². The van der Waals surface area contributed by atoms with Gasteiger partial charge in [0.2, 0.25) is 5.13 Å². The first kappa shape index (κ1) is 16.9. The van der Waals surface area contributed by atoms with Crippen LogP contribution < -0.4 is 10.1 Å². The SMILES string of the molecule is COc1cccc(-c2nsc(NC(=O)c3ccccc3-n3ccnn3)n2)c1. The molecular weight excluding hydrogens is 364 g/mol. The zero-order valence-corrected chi connectivity index (χ0v) is 15.1. The Morgan fingerprint density at radius 1 is 1.19 bits per heavy atom. The van der Waals surface area contributed by atoms with Crippen LogP contribution in [-0.4, -0.2) is 37.4 Å². The molecule has 0 aliphatic rings. The summed E-state index contributed by atoms with van der Waals surface area (Å²) in [6.07, 6.45) is 3.23. The second kappa shape index (κ2) is 7.34. The van der Waals surface area contributed by atoms with E-state index in [0.717, 1.165) is 22.8 Å². The maximum absolute atomic E-state index is 12.7. The Morgan fingerprint density at radius 2 is 2.07 bits per heavy atom. The van der Waals surface area contributed by atoms with E-state index < -0.39 is 0 Å². The number of carbonyl (C=O) groups is 1. The third-order valence-corrected chi connectivity index (χ3v) is 4.42. The van der Waals surface area contributed by atoms with Gasteiger partial charge in [-0.15, -0.1) is 5.10 Å². The fraction of sp³-hybridized carbons (Fsp3) is 0.0556. The van der Waals surface area contributed by atoms with Gasteiger partial charge in [-0.2, -0.15) is 9.36 Å². The highest BCUT2D eigenvalue weighted by molar-refractivity contribution is 7.10. The summed E-state index contributed by atoms with van der Waals surface area (Å²) in [6.45, 7) is 0. The number of carbonyl (C=O) groups excluding carboxylic acids is 1. The summed E-state index contributed by atoms with van der Waals surface area (Å²) in [7, 11) is 1.60. The van der Waals surface area contributed by atoms with Crippen LogP contribution >= 0.6 is 11.5 Å². The maximum Gasteiger partial charge on any atom is 0.259 e. The monoisotopic (exact) mass is 378 g/mol. The lowest BCUT2D eigenvalue weighted by Gasteiger charge is -2.07. The Bertz CT molecular complexity index is 1080. The first-order valence-electron chi connectivity index (χ1n) is 8.00. The summed E-state index contributed by atoms with van der Waals surface area (Å²) < 4.78 is 11.1. The van der Waals surface area contributed by atoms with Crippen LogP contribution in [0.5, 0.6) is 5.75 Å². The Morgan fingerprint density at radius 3 is 2.89 bits per heavy atom. The normalized spacial score (nSPS) is 10.6. The third-order valence-electron chi connectivity index (χ3n) is 3.79. The molecule has 0 aliphatic carbocycles. The van der Waals surface area contributed by atoms with Gasteiger partial charge < -0.3 is 4.74 Å². The highest BCUT2D eigenvalue weighted by Crippen LogP contribution is 2.25. The molecule has 0 saturated carbocycles. The molecule has 134 valence electrons. The summed E-state index contributed by atoms with van der Waals surface area (Å²) in [4.78, 5) is 17.1. The van der Waals surface area contributed by atoms with Crippen molar-refractivity contribution in [3.63, 3.8) is 0 Å². The number of hydrogen-bond acceptors (Lipinski definition) is 7. The molecular formula is C18H14N6O2S. The minimum atomic E-state index is -0.297. The average Bonchev–Trinajstić information content (AvgIpc) is 3.40. The predicted octanol–water partition coefficient (Wildman–Crippen LogP) is 3.05. The number of ether oxygens (including phenoxy) is 1. The number of aromatic nitrogens is 5. The summed E-state index contributed by atoms with van der Waals surface area (Å²) in [6, 6.07) is 14.6. The highest BCUT2D eigenvalue weighted by atomic mass is 32.1. The Labute approximate surface area is 158 Å². The van der Waals surface area contributed by atoms with E-state index in [1.807, 2.05) is 30.3 Å². The number of nitrogens with zero attached hydrogens (tertiary/aromatic N) is 5. The van der Waals surface area contributed by atoms with E-state index in [9.17, 15) is 4.79 Å². The Kier molecular flexibility index (Phi) is 4.58. The van der Waals surface area contributed by atoms with Crippen LogP contribution in [0.25, 0.3) is 17.1 Å². The molecule has 2 heterocycles. The lowest BCUT2D eigenvalue weighted by molar-refractivity contribution is 0.102. The molecule has 0 atom stereocenters. The van der Waals surface area contributed by atoms with Gasteiger partial charge in [0, 0.05) is 17.1 Å². The van der Waals surface area contributed by atoms with Gasteiger partial charge in [0.15, 0.2) is 5.82 Å². The molecule has 0 spiro atoms. The number of hydrogen-bond donors (Lipinski definition) is 1. The molecule has 9 heteroatoms. The van der Waals surface area contributed by atoms with Gasteiger partial charge in [-0.3, -0.25) is 10.1 Å². The molecule has 4 aromatic rings. The van der Waals surface area contributed by atoms with E-state index in [-0.39, 0.29) is 5.91 Å². The van der Waals surface area contributed by atoms with E-state index in [1.54, 1.807) is 37.7 Å². The van der Waals surface area contributed by atoms with Crippen molar-refractivity contribution in [1.82, 2.24) is 24.4 Å². The van der Waals surface area contributed by atoms with E-state index in [2.05, 4.69) is 25.0 Å². The number of methoxy groups -OCH3 is 1. The van der Waals surface area contributed by atoms with E-state index >= 15 is 0 Å². The van der Waals surface area contributed by atoms with Gasteiger partial charge in [-0.25, -0.2) is 4.68 Å². The van der Waals surface area contributed by atoms with Gasteiger partial charge in [0.05, 0.1) is 30.8 Å². The van der Waals surface area contributed by atoms with Gasteiger partial charge in [-0.1, -0.05) is 29.5 Å². The predicted molar refractivity (Wildman–Crippen MR) is 101 cm³/mol. The fourth-order valence-electron chi connectivity index (χ4n) is 2.52. The number of para-hydroxylation sites is 1. The van der Waals surface area contributed by atoms with Crippen LogP contribution in [0.1, 0.15) is 10.4 Å². The highest BCUT2D eigenvalue weighted by Gasteiger charge is 2.16. The largest absolute Gasteiger partial charge is 0.497 e. The number of amides is 1. The zero-order valence-electron chi connectivity index (χ0n) is 14.2. The van der Waals surface area contributed by atoms with E-state index in [4.69, 9.17) is 4.74 Å². The van der Waals surface area contributed by atoms with Crippen molar-refractivity contribution in [2.24, 2.45) is 0 Å². The number of anilines is 1. The molecule has 0 radical (unpaired) electrons. The molecule has 0 bridgehead atoms. The molecule has 0 unspecified atom stereocenters. The van der Waals surface area contributed by atoms with E-state index in [0.29, 0.717) is 22.2 Å². The lowest BCUT2D eigenvalue weighted by Crippen LogP contribution is -2.15. The van der Waals surface area contributed by atoms with Crippen molar-refractivity contribution in [2.75, 3.05) is 12.4 Å². The molecule has 1 amide bonds. The number of benzene rings is 2. The average molecular weight is 378 g/mol. The summed E-state index contributed by atoms with van der Waals surface area (Å²) >= 11 is 1.12. The molecule has 2 aromatic heterocycles. The minimum absolute atomic E-state index is 0.297. The maximum atomic E-state index is 12.7. The summed E-state index contributed by atoms with van der Waals surface area (Å²) in [5.41, 5.74) is 1.90. The number of nitrogens with one attached hydrogen (secondary N) is 1. The van der Waals surface area contributed by atoms with Gasteiger partial charge in [0.1, 0.15) is 5.75 Å². The minimum Gasteiger partial charge on any atom is -0.497 e. The van der Waals surface area contributed by atoms with Crippen LogP contribution in [0.15, 0.2) is 60.9 Å². The molecule has 0 fully saturated rings. The first-order chi connectivity index (χ1) is 13.2. The summed E-state index contributed by atoms with van der Waals surface area (Å²) in [5, 5.41) is 10.9. The zero-order chi connectivity index (χ0) is 18.6. The molecule has 8 nitrogen and oxygen atoms in total. The van der Waals surface area contributed by atoms with Gasteiger partial charge >= 0.3 is 0 Å². The molecule has 0 aliphatic heterocycles. The van der Waals surface area contributed by atoms with Crippen LogP contribution in [0.3, 0.4) is 0 Å². The van der Waals surface area contributed by atoms with Crippen LogP contribution in [0, 0.1) is 0 Å². The van der Waals surface area contributed by atoms with Crippen LogP contribution in [-0.2, 0) is 0 Å². The first-order valence-corrected chi connectivity index (χ1v) is 8.77. The summed E-state index contributed by atoms with van der Waals surface area (Å²) in [5.74, 6) is 0.947. The fourth-order valence-corrected chi connectivity index (χ4v) is 3.11. The van der Waals surface area contributed by atoms with Crippen LogP contribution in [0.2, 0.25) is 0 Å². The van der Waals surface area contributed by atoms with Crippen LogP contribution in [0.4, 0.5) is 5.13 Å². The van der Waals surface area contributed by atoms with Crippen molar-refractivity contribution in [3.8, 4) is 22.8 Å². The molecule has 2 aromatic carbocycles. The molecule has 4 rings (SSSR count). The Balaban J connectivity index is 1.57. The molecule has 1 N–H and O–H groups in total.